The molecule has 0 spiro atoms. The highest BCUT2D eigenvalue weighted by atomic mass is 32.3. The van der Waals surface area contributed by atoms with Gasteiger partial charge in [0.25, 0.3) is 25.7 Å². The number of ketones is 1. The van der Waals surface area contributed by atoms with Crippen LogP contribution in [0.2, 0.25) is 0 Å². The van der Waals surface area contributed by atoms with Crippen LogP contribution in [0.15, 0.2) is 70.5 Å². The number of nitrogens with zero attached hydrogens (tertiary/aromatic N) is 2. The highest BCUT2D eigenvalue weighted by molar-refractivity contribution is 8.10. The quantitative estimate of drug-likeness (QED) is 0.302. The maximum absolute atomic E-state index is 13.8. The minimum absolute atomic E-state index is 0.199. The predicted octanol–water partition coefficient (Wildman–Crippen LogP) is 3.37. The molecule has 0 fully saturated rings. The molecular formula is C21H16N2O8S2. The van der Waals surface area contributed by atoms with Crippen LogP contribution in [-0.2, 0) is 20.0 Å². The van der Waals surface area contributed by atoms with Crippen molar-refractivity contribution in [1.29, 1.82) is 0 Å². The summed E-state index contributed by atoms with van der Waals surface area (Å²) in [5.74, 6) is -0.340. The Morgan fingerprint density at radius 2 is 1.73 bits per heavy atom. The van der Waals surface area contributed by atoms with Crippen molar-refractivity contribution >= 4 is 37.2 Å². The van der Waals surface area contributed by atoms with E-state index in [1.165, 1.54) is 43.5 Å². The molecule has 1 heterocycles. The molecular weight excluding hydrogens is 472 g/mol. The molecule has 0 saturated carbocycles. The number of nitro benzene ring substituents is 1. The Morgan fingerprint density at radius 3 is 2.36 bits per heavy atom. The van der Waals surface area contributed by atoms with Crippen LogP contribution in [0.25, 0.3) is 11.1 Å². The minimum atomic E-state index is -5.00. The zero-order valence-electron chi connectivity index (χ0n) is 17.3. The van der Waals surface area contributed by atoms with Crippen molar-refractivity contribution in [2.75, 3.05) is 10.8 Å². The predicted molar refractivity (Wildman–Crippen MR) is 118 cm³/mol. The fourth-order valence-corrected chi connectivity index (χ4v) is 7.80. The van der Waals surface area contributed by atoms with Gasteiger partial charge in [-0.1, -0.05) is 18.2 Å². The van der Waals surface area contributed by atoms with Gasteiger partial charge in [0, 0.05) is 28.8 Å². The van der Waals surface area contributed by atoms with E-state index in [1.54, 1.807) is 6.07 Å². The topological polar surface area (TPSA) is 141 Å². The van der Waals surface area contributed by atoms with Gasteiger partial charge in [0.15, 0.2) is 5.78 Å². The lowest BCUT2D eigenvalue weighted by molar-refractivity contribution is -0.385. The lowest BCUT2D eigenvalue weighted by Crippen LogP contribution is -2.40. The minimum Gasteiger partial charge on any atom is -0.497 e. The number of non-ortho nitro benzene ring substituents is 1. The summed E-state index contributed by atoms with van der Waals surface area (Å²) in [5, 5.41) is 11.3. The number of Topliss-reactive ketones (excluding diaryl/α,β-unsaturated/α-hetero) is 1. The number of hydrogen-bond donors (Lipinski definition) is 0. The first-order chi connectivity index (χ1) is 15.5. The van der Waals surface area contributed by atoms with E-state index in [-0.39, 0.29) is 31.0 Å². The van der Waals surface area contributed by atoms with Gasteiger partial charge in [-0.2, -0.15) is 20.5 Å². The molecule has 0 amide bonds. The second kappa shape index (κ2) is 7.67. The standard InChI is InChI=1S/C21H16N2O8S2/c1-13(24)16-9-7-14(22(25)26)11-21(16)33(29,30)23-19-10-8-15(31-2)12-18(19)17-5-3-4-6-20(17)32(23,27)28/h3-12H,1-2H3. The fourth-order valence-electron chi connectivity index (χ4n) is 3.63. The summed E-state index contributed by atoms with van der Waals surface area (Å²) in [4.78, 5) is 21.5. The van der Waals surface area contributed by atoms with Crippen molar-refractivity contribution < 1.29 is 31.3 Å². The molecule has 4 rings (SSSR count). The lowest BCUT2D eigenvalue weighted by atomic mass is 10.0. The zero-order valence-corrected chi connectivity index (χ0v) is 18.9. The number of rotatable bonds is 5. The fraction of sp³-hybridized carbons (Fsp3) is 0.0952. The summed E-state index contributed by atoms with van der Waals surface area (Å²) in [6.45, 7) is 1.08. The number of benzene rings is 3. The molecule has 0 aromatic heterocycles. The van der Waals surface area contributed by atoms with E-state index in [0.29, 0.717) is 11.8 Å². The van der Waals surface area contributed by atoms with Crippen LogP contribution in [0.5, 0.6) is 5.75 Å². The molecule has 0 atom stereocenters. The molecule has 3 aromatic rings. The third-order valence-electron chi connectivity index (χ3n) is 5.13. The van der Waals surface area contributed by atoms with Gasteiger partial charge in [-0.15, -0.1) is 0 Å². The largest absolute Gasteiger partial charge is 0.497 e. The van der Waals surface area contributed by atoms with E-state index in [0.717, 1.165) is 19.1 Å². The van der Waals surface area contributed by atoms with Crippen molar-refractivity contribution in [3.05, 3.63) is 76.3 Å². The molecule has 12 heteroatoms. The molecule has 0 saturated heterocycles. The number of anilines is 1. The maximum Gasteiger partial charge on any atom is 0.278 e. The van der Waals surface area contributed by atoms with E-state index in [9.17, 15) is 31.7 Å². The summed E-state index contributed by atoms with van der Waals surface area (Å²) >= 11 is 0. The molecule has 170 valence electrons. The van der Waals surface area contributed by atoms with Crippen molar-refractivity contribution in [2.45, 2.75) is 16.7 Å². The number of ether oxygens (including phenoxy) is 1. The van der Waals surface area contributed by atoms with Crippen LogP contribution in [0, 0.1) is 10.1 Å². The molecule has 10 nitrogen and oxygen atoms in total. The van der Waals surface area contributed by atoms with Crippen molar-refractivity contribution in [3.8, 4) is 16.9 Å². The van der Waals surface area contributed by atoms with Gasteiger partial charge >= 0.3 is 0 Å². The second-order valence-electron chi connectivity index (χ2n) is 7.08. The number of methoxy groups -OCH3 is 1. The Morgan fingerprint density at radius 1 is 1.03 bits per heavy atom. The molecule has 0 aliphatic carbocycles. The van der Waals surface area contributed by atoms with Crippen LogP contribution in [0.1, 0.15) is 17.3 Å². The zero-order chi connectivity index (χ0) is 24.1. The van der Waals surface area contributed by atoms with Gasteiger partial charge in [0.05, 0.1) is 22.6 Å². The number of carbonyl (C=O) groups excluding carboxylic acids is 1. The molecule has 0 bridgehead atoms. The van der Waals surface area contributed by atoms with Crippen molar-refractivity contribution in [3.63, 3.8) is 0 Å². The Hall–Kier alpha value is -3.77. The maximum atomic E-state index is 13.8. The Balaban J connectivity index is 2.09. The van der Waals surface area contributed by atoms with Crippen LogP contribution >= 0.6 is 0 Å². The number of sulfonamides is 2. The summed E-state index contributed by atoms with van der Waals surface area (Å²) in [7, 11) is -8.26. The first-order valence-electron chi connectivity index (χ1n) is 9.37. The Labute approximate surface area is 189 Å². The highest BCUT2D eigenvalue weighted by Crippen LogP contribution is 2.47. The molecule has 0 unspecified atom stereocenters. The molecule has 0 N–H and O–H groups in total. The number of carbonyl (C=O) groups is 1. The molecule has 1 aliphatic heterocycles. The highest BCUT2D eigenvalue weighted by Gasteiger charge is 2.44. The van der Waals surface area contributed by atoms with Crippen LogP contribution in [-0.4, -0.2) is 34.7 Å². The molecule has 33 heavy (non-hydrogen) atoms. The summed E-state index contributed by atoms with van der Waals surface area (Å²) in [6, 6.07) is 12.7. The average molecular weight is 488 g/mol. The van der Waals surface area contributed by atoms with Gasteiger partial charge in [0.1, 0.15) is 10.6 Å². The van der Waals surface area contributed by atoms with E-state index >= 15 is 0 Å². The van der Waals surface area contributed by atoms with Crippen molar-refractivity contribution in [2.24, 2.45) is 0 Å². The van der Waals surface area contributed by atoms with E-state index in [2.05, 4.69) is 0 Å². The smallest absolute Gasteiger partial charge is 0.278 e. The molecule has 3 aromatic carbocycles. The van der Waals surface area contributed by atoms with Gasteiger partial charge in [-0.25, -0.2) is 0 Å². The number of hydrogen-bond acceptors (Lipinski definition) is 8. The third kappa shape index (κ3) is 3.43. The van der Waals surface area contributed by atoms with E-state index in [1.807, 2.05) is 0 Å². The molecule has 0 radical (unpaired) electrons. The van der Waals surface area contributed by atoms with Gasteiger partial charge in [-0.3, -0.25) is 14.9 Å². The Kier molecular flexibility index (Phi) is 5.21. The number of fused-ring (bicyclic) bond motifs is 3. The van der Waals surface area contributed by atoms with E-state index < -0.39 is 41.3 Å². The first-order valence-corrected chi connectivity index (χ1v) is 12.3. The normalized spacial score (nSPS) is 14.2. The summed E-state index contributed by atoms with van der Waals surface area (Å²) in [6.07, 6.45) is 0. The van der Waals surface area contributed by atoms with Gasteiger partial charge < -0.3 is 4.74 Å². The lowest BCUT2D eigenvalue weighted by Gasteiger charge is -2.31. The second-order valence-corrected chi connectivity index (χ2v) is 10.8. The van der Waals surface area contributed by atoms with Crippen LogP contribution in [0.4, 0.5) is 11.4 Å². The summed E-state index contributed by atoms with van der Waals surface area (Å²) < 4.78 is 60.0. The number of nitro groups is 1. The van der Waals surface area contributed by atoms with Crippen LogP contribution < -0.4 is 8.45 Å². The van der Waals surface area contributed by atoms with Gasteiger partial charge in [-0.05, 0) is 37.3 Å². The SMILES string of the molecule is COc1ccc2c(c1)-c1ccccc1S(=O)(=O)N2S(=O)(=O)c1cc([N+](=O)[O-])ccc1C(C)=O. The Bertz CT molecular complexity index is 1550. The average Bonchev–Trinajstić information content (AvgIpc) is 2.78. The van der Waals surface area contributed by atoms with Crippen molar-refractivity contribution in [1.82, 2.24) is 0 Å². The van der Waals surface area contributed by atoms with Gasteiger partial charge in [0.2, 0.25) is 0 Å². The summed E-state index contributed by atoms with van der Waals surface area (Å²) in [5.41, 5.74) is -0.648. The van der Waals surface area contributed by atoms with Crippen LogP contribution in [0.3, 0.4) is 0 Å². The first kappa shape index (κ1) is 22.4. The monoisotopic (exact) mass is 488 g/mol. The molecule has 1 aliphatic rings. The third-order valence-corrected chi connectivity index (χ3v) is 9.37. The van der Waals surface area contributed by atoms with E-state index in [4.69, 9.17) is 4.74 Å².